The summed E-state index contributed by atoms with van der Waals surface area (Å²) in [6, 6.07) is 0. The number of aromatic nitrogens is 2. The average molecular weight is 224 g/mol. The molecule has 0 radical (unpaired) electrons. The van der Waals surface area contributed by atoms with E-state index in [1.807, 2.05) is 20.8 Å². The number of ketones is 1. The van der Waals surface area contributed by atoms with Crippen LogP contribution in [0.15, 0.2) is 6.20 Å². The van der Waals surface area contributed by atoms with E-state index in [2.05, 4.69) is 12.0 Å². The first-order valence-corrected chi connectivity index (χ1v) is 5.56. The number of rotatable bonds is 4. The standard InChI is InChI=1S/C12H20N2O2/c1-6-7-14-10(9(16-5)8-13-14)11(15)12(2,3)4/h8H,6-7H2,1-5H3. The van der Waals surface area contributed by atoms with E-state index in [0.717, 1.165) is 13.0 Å². The topological polar surface area (TPSA) is 44.1 Å². The molecule has 4 nitrogen and oxygen atoms in total. The summed E-state index contributed by atoms with van der Waals surface area (Å²) >= 11 is 0. The Labute approximate surface area is 96.6 Å². The predicted molar refractivity (Wildman–Crippen MR) is 62.9 cm³/mol. The molecule has 0 aliphatic heterocycles. The van der Waals surface area contributed by atoms with Gasteiger partial charge in [0.2, 0.25) is 0 Å². The second-order valence-electron chi connectivity index (χ2n) is 4.86. The van der Waals surface area contributed by atoms with Gasteiger partial charge in [-0.2, -0.15) is 5.10 Å². The molecule has 1 heterocycles. The molecule has 0 aromatic carbocycles. The Morgan fingerprint density at radius 3 is 2.56 bits per heavy atom. The lowest BCUT2D eigenvalue weighted by molar-refractivity contribution is 0.0843. The first kappa shape index (κ1) is 12.7. The molecule has 16 heavy (non-hydrogen) atoms. The molecule has 0 aliphatic carbocycles. The largest absolute Gasteiger partial charge is 0.493 e. The van der Waals surface area contributed by atoms with Crippen molar-refractivity contribution < 1.29 is 9.53 Å². The Kier molecular flexibility index (Phi) is 3.73. The lowest BCUT2D eigenvalue weighted by atomic mass is 9.88. The van der Waals surface area contributed by atoms with Crippen molar-refractivity contribution >= 4 is 5.78 Å². The molecule has 0 fully saturated rings. The Morgan fingerprint density at radius 1 is 1.50 bits per heavy atom. The summed E-state index contributed by atoms with van der Waals surface area (Å²) < 4.78 is 6.91. The number of carbonyl (C=O) groups excluding carboxylic acids is 1. The third-order valence-electron chi connectivity index (χ3n) is 2.36. The lowest BCUT2D eigenvalue weighted by Gasteiger charge is -2.18. The highest BCUT2D eigenvalue weighted by Crippen LogP contribution is 2.27. The Balaban J connectivity index is 3.18. The summed E-state index contributed by atoms with van der Waals surface area (Å²) in [6.07, 6.45) is 2.55. The van der Waals surface area contributed by atoms with Gasteiger partial charge in [0.25, 0.3) is 0 Å². The van der Waals surface area contributed by atoms with Crippen molar-refractivity contribution in [1.29, 1.82) is 0 Å². The van der Waals surface area contributed by atoms with E-state index in [9.17, 15) is 4.79 Å². The number of nitrogens with zero attached hydrogens (tertiary/aromatic N) is 2. The van der Waals surface area contributed by atoms with E-state index in [1.54, 1.807) is 18.0 Å². The van der Waals surface area contributed by atoms with Gasteiger partial charge in [-0.25, -0.2) is 0 Å². The number of aryl methyl sites for hydroxylation is 1. The van der Waals surface area contributed by atoms with Crippen LogP contribution in [0.5, 0.6) is 5.75 Å². The van der Waals surface area contributed by atoms with E-state index in [1.165, 1.54) is 0 Å². The minimum atomic E-state index is -0.418. The van der Waals surface area contributed by atoms with Crippen molar-refractivity contribution in [2.24, 2.45) is 5.41 Å². The molecule has 1 aromatic rings. The van der Waals surface area contributed by atoms with Crippen LogP contribution in [0, 0.1) is 5.41 Å². The van der Waals surface area contributed by atoms with Crippen LogP contribution in [0.3, 0.4) is 0 Å². The van der Waals surface area contributed by atoms with E-state index >= 15 is 0 Å². The summed E-state index contributed by atoms with van der Waals surface area (Å²) in [5, 5.41) is 4.18. The number of carbonyl (C=O) groups is 1. The van der Waals surface area contributed by atoms with Gasteiger partial charge in [-0.15, -0.1) is 0 Å². The molecular formula is C12H20N2O2. The van der Waals surface area contributed by atoms with Crippen LogP contribution in [0.25, 0.3) is 0 Å². The maximum atomic E-state index is 12.3. The first-order chi connectivity index (χ1) is 7.41. The van der Waals surface area contributed by atoms with E-state index in [4.69, 9.17) is 4.74 Å². The van der Waals surface area contributed by atoms with Crippen molar-refractivity contribution in [2.75, 3.05) is 7.11 Å². The molecule has 0 spiro atoms. The smallest absolute Gasteiger partial charge is 0.189 e. The molecule has 0 aliphatic rings. The van der Waals surface area contributed by atoms with Gasteiger partial charge >= 0.3 is 0 Å². The third-order valence-corrected chi connectivity index (χ3v) is 2.36. The molecule has 0 bridgehead atoms. The molecule has 0 unspecified atom stereocenters. The van der Waals surface area contributed by atoms with Crippen molar-refractivity contribution in [2.45, 2.75) is 40.7 Å². The average Bonchev–Trinajstić information content (AvgIpc) is 2.58. The van der Waals surface area contributed by atoms with Gasteiger partial charge < -0.3 is 4.74 Å². The van der Waals surface area contributed by atoms with E-state index < -0.39 is 5.41 Å². The minimum absolute atomic E-state index is 0.0651. The summed E-state index contributed by atoms with van der Waals surface area (Å²) in [5.41, 5.74) is 0.163. The van der Waals surface area contributed by atoms with Crippen LogP contribution in [-0.4, -0.2) is 22.7 Å². The lowest BCUT2D eigenvalue weighted by Crippen LogP contribution is -2.24. The van der Waals surface area contributed by atoms with Crippen molar-refractivity contribution in [3.05, 3.63) is 11.9 Å². The zero-order valence-electron chi connectivity index (χ0n) is 10.7. The van der Waals surface area contributed by atoms with Crippen LogP contribution in [0.4, 0.5) is 0 Å². The summed E-state index contributed by atoms with van der Waals surface area (Å²) in [5.74, 6) is 0.628. The highest BCUT2D eigenvalue weighted by Gasteiger charge is 2.29. The van der Waals surface area contributed by atoms with Crippen LogP contribution in [0.1, 0.15) is 44.6 Å². The fourth-order valence-electron chi connectivity index (χ4n) is 1.48. The summed E-state index contributed by atoms with van der Waals surface area (Å²) in [7, 11) is 1.56. The fourth-order valence-corrected chi connectivity index (χ4v) is 1.48. The summed E-state index contributed by atoms with van der Waals surface area (Å²) in [4.78, 5) is 12.3. The van der Waals surface area contributed by atoms with Crippen molar-refractivity contribution in [3.63, 3.8) is 0 Å². The van der Waals surface area contributed by atoms with Gasteiger partial charge in [-0.1, -0.05) is 27.7 Å². The Morgan fingerprint density at radius 2 is 2.12 bits per heavy atom. The zero-order valence-corrected chi connectivity index (χ0v) is 10.7. The molecule has 0 atom stereocenters. The molecule has 0 saturated carbocycles. The second-order valence-corrected chi connectivity index (χ2v) is 4.86. The van der Waals surface area contributed by atoms with Gasteiger partial charge in [0, 0.05) is 12.0 Å². The molecule has 0 saturated heterocycles. The maximum absolute atomic E-state index is 12.3. The van der Waals surface area contributed by atoms with Gasteiger partial charge in [0.05, 0.1) is 13.3 Å². The van der Waals surface area contributed by atoms with Gasteiger partial charge in [0.1, 0.15) is 5.69 Å². The van der Waals surface area contributed by atoms with Crippen molar-refractivity contribution in [3.8, 4) is 5.75 Å². The third kappa shape index (κ3) is 2.43. The number of Topliss-reactive ketones (excluding diaryl/α,β-unsaturated/α-hetero) is 1. The fraction of sp³-hybridized carbons (Fsp3) is 0.667. The zero-order chi connectivity index (χ0) is 12.3. The van der Waals surface area contributed by atoms with Crippen molar-refractivity contribution in [1.82, 2.24) is 9.78 Å². The molecule has 0 N–H and O–H groups in total. The quantitative estimate of drug-likeness (QED) is 0.738. The van der Waals surface area contributed by atoms with Gasteiger partial charge in [0.15, 0.2) is 11.5 Å². The number of methoxy groups -OCH3 is 1. The van der Waals surface area contributed by atoms with Crippen LogP contribution < -0.4 is 4.74 Å². The normalized spacial score (nSPS) is 11.6. The Bertz CT molecular complexity index is 375. The second kappa shape index (κ2) is 4.68. The van der Waals surface area contributed by atoms with Crippen LogP contribution >= 0.6 is 0 Å². The molecule has 4 heteroatoms. The Hall–Kier alpha value is -1.32. The van der Waals surface area contributed by atoms with Crippen LogP contribution in [-0.2, 0) is 6.54 Å². The summed E-state index contributed by atoms with van der Waals surface area (Å²) in [6.45, 7) is 8.49. The highest BCUT2D eigenvalue weighted by atomic mass is 16.5. The van der Waals surface area contributed by atoms with Gasteiger partial charge in [-0.05, 0) is 6.42 Å². The number of hydrogen-bond acceptors (Lipinski definition) is 3. The first-order valence-electron chi connectivity index (χ1n) is 5.56. The maximum Gasteiger partial charge on any atom is 0.189 e. The molecule has 1 rings (SSSR count). The predicted octanol–water partition coefficient (Wildman–Crippen LogP) is 2.53. The van der Waals surface area contributed by atoms with E-state index in [-0.39, 0.29) is 5.78 Å². The monoisotopic (exact) mass is 224 g/mol. The SMILES string of the molecule is CCCn1ncc(OC)c1C(=O)C(C)(C)C. The van der Waals surface area contributed by atoms with E-state index in [0.29, 0.717) is 11.4 Å². The molecular weight excluding hydrogens is 204 g/mol. The highest BCUT2D eigenvalue weighted by molar-refractivity contribution is 6.00. The molecule has 1 aromatic heterocycles. The molecule has 90 valence electrons. The number of ether oxygens (including phenoxy) is 1. The minimum Gasteiger partial charge on any atom is -0.493 e. The van der Waals surface area contributed by atoms with Crippen LogP contribution in [0.2, 0.25) is 0 Å². The van der Waals surface area contributed by atoms with Gasteiger partial charge in [-0.3, -0.25) is 9.48 Å². The number of hydrogen-bond donors (Lipinski definition) is 0. The molecule has 0 amide bonds.